The molecule has 4 aromatic rings. The van der Waals surface area contributed by atoms with Crippen LogP contribution in [0.25, 0.3) is 11.1 Å². The van der Waals surface area contributed by atoms with E-state index in [9.17, 15) is 32.7 Å². The lowest BCUT2D eigenvalue weighted by Gasteiger charge is -2.41. The number of halogens is 3. The lowest BCUT2D eigenvalue weighted by Crippen LogP contribution is -2.50. The standard InChI is InChI=1S/C41H42F3N3O6S/c1-25-36(24-54-34-17-15-33(16-18-34)46-26(2)49)52-39(53-37(25)29-13-11-27(23-48)12-14-29)32-9-4-8-31(21-32)30-7-3-6-28(20-30)22-45-38(50)35-10-5-19-47(35)40(51)41(42,43)44/h3-4,6-9,11-18,20-21,25,35-37,39,48H,5,10,19,22-24H2,1-2H3,(H,45,50)(H,46,49). The molecule has 2 aliphatic rings. The van der Waals surface area contributed by atoms with E-state index in [1.54, 1.807) is 11.8 Å². The van der Waals surface area contributed by atoms with E-state index in [1.807, 2.05) is 97.1 Å². The number of ether oxygens (including phenoxy) is 2. The van der Waals surface area contributed by atoms with Gasteiger partial charge in [-0.25, -0.2) is 0 Å². The van der Waals surface area contributed by atoms with Gasteiger partial charge in [0.05, 0.1) is 18.8 Å². The first-order valence-corrected chi connectivity index (χ1v) is 18.7. The van der Waals surface area contributed by atoms with Crippen molar-refractivity contribution in [3.8, 4) is 11.1 Å². The largest absolute Gasteiger partial charge is 0.471 e. The minimum atomic E-state index is -5.03. The van der Waals surface area contributed by atoms with E-state index in [-0.39, 0.29) is 50.2 Å². The molecular weight excluding hydrogens is 720 g/mol. The fourth-order valence-corrected chi connectivity index (χ4v) is 7.87. The zero-order valence-electron chi connectivity index (χ0n) is 29.8. The summed E-state index contributed by atoms with van der Waals surface area (Å²) < 4.78 is 52.6. The SMILES string of the molecule is CC(=O)Nc1ccc(SCC2OC(c3cccc(-c4cccc(CNC(=O)C5CCCN5C(=O)C(F)(F)F)c4)c3)OC(c3ccc(CO)cc3)C2C)cc1. The van der Waals surface area contributed by atoms with Crippen molar-refractivity contribution in [2.75, 3.05) is 17.6 Å². The van der Waals surface area contributed by atoms with Gasteiger partial charge < -0.3 is 30.1 Å². The minimum absolute atomic E-state index is 0.0228. The average Bonchev–Trinajstić information content (AvgIpc) is 3.67. The number of alkyl halides is 3. The molecule has 284 valence electrons. The maximum atomic E-state index is 13.1. The van der Waals surface area contributed by atoms with Crippen molar-refractivity contribution in [1.29, 1.82) is 0 Å². The Morgan fingerprint density at radius 3 is 2.28 bits per heavy atom. The second kappa shape index (κ2) is 17.2. The number of thioether (sulfide) groups is 1. The van der Waals surface area contributed by atoms with Gasteiger partial charge in [-0.1, -0.05) is 67.6 Å². The van der Waals surface area contributed by atoms with Gasteiger partial charge in [0.1, 0.15) is 6.04 Å². The predicted octanol–water partition coefficient (Wildman–Crippen LogP) is 7.56. The van der Waals surface area contributed by atoms with Crippen molar-refractivity contribution < 1.29 is 42.1 Å². The Bertz CT molecular complexity index is 1940. The van der Waals surface area contributed by atoms with Crippen molar-refractivity contribution >= 4 is 35.2 Å². The number of benzene rings is 4. The summed E-state index contributed by atoms with van der Waals surface area (Å²) in [6.45, 7) is 3.48. The zero-order chi connectivity index (χ0) is 38.4. The van der Waals surface area contributed by atoms with Crippen molar-refractivity contribution in [2.24, 2.45) is 5.92 Å². The van der Waals surface area contributed by atoms with E-state index >= 15 is 0 Å². The van der Waals surface area contributed by atoms with E-state index in [0.29, 0.717) is 17.1 Å². The van der Waals surface area contributed by atoms with Gasteiger partial charge >= 0.3 is 12.1 Å². The third kappa shape index (κ3) is 9.51. The lowest BCUT2D eigenvalue weighted by molar-refractivity contribution is -0.268. The van der Waals surface area contributed by atoms with Gasteiger partial charge in [-0.2, -0.15) is 13.2 Å². The molecule has 0 aromatic heterocycles. The Labute approximate surface area is 316 Å². The van der Waals surface area contributed by atoms with Gasteiger partial charge in [-0.05, 0) is 77.1 Å². The van der Waals surface area contributed by atoms with Crippen molar-refractivity contribution in [2.45, 2.75) is 75.5 Å². The topological polar surface area (TPSA) is 117 Å². The third-order valence-corrected chi connectivity index (χ3v) is 10.8. The van der Waals surface area contributed by atoms with Crippen molar-refractivity contribution in [1.82, 2.24) is 10.2 Å². The Hall–Kier alpha value is -4.69. The van der Waals surface area contributed by atoms with Gasteiger partial charge in [0, 0.05) is 47.8 Å². The molecule has 3 amide bonds. The van der Waals surface area contributed by atoms with Gasteiger partial charge in [0.2, 0.25) is 11.8 Å². The number of aliphatic hydroxyl groups excluding tert-OH is 1. The van der Waals surface area contributed by atoms with E-state index in [2.05, 4.69) is 17.6 Å². The third-order valence-electron chi connectivity index (χ3n) is 9.66. The first-order chi connectivity index (χ1) is 25.9. The second-order valence-electron chi connectivity index (χ2n) is 13.5. The number of hydrogen-bond donors (Lipinski definition) is 3. The number of aliphatic hydroxyl groups is 1. The molecular formula is C41H42F3N3O6S. The molecule has 2 saturated heterocycles. The highest BCUT2D eigenvalue weighted by atomic mass is 32.2. The number of amides is 3. The second-order valence-corrected chi connectivity index (χ2v) is 14.6. The molecule has 0 radical (unpaired) electrons. The van der Waals surface area contributed by atoms with Crippen molar-refractivity contribution in [3.63, 3.8) is 0 Å². The predicted molar refractivity (Wildman–Crippen MR) is 199 cm³/mol. The van der Waals surface area contributed by atoms with Gasteiger partial charge in [-0.3, -0.25) is 14.4 Å². The van der Waals surface area contributed by atoms with Crippen LogP contribution in [0.4, 0.5) is 18.9 Å². The van der Waals surface area contributed by atoms with E-state index in [0.717, 1.165) is 44.0 Å². The molecule has 3 N–H and O–H groups in total. The number of nitrogens with zero attached hydrogens (tertiary/aromatic N) is 1. The number of hydrogen-bond acceptors (Lipinski definition) is 7. The highest BCUT2D eigenvalue weighted by molar-refractivity contribution is 7.99. The number of rotatable bonds is 11. The summed E-state index contributed by atoms with van der Waals surface area (Å²) in [5.74, 6) is -2.13. The van der Waals surface area contributed by atoms with E-state index in [1.165, 1.54) is 6.92 Å². The van der Waals surface area contributed by atoms with Crippen LogP contribution in [0.15, 0.2) is 102 Å². The highest BCUT2D eigenvalue weighted by Gasteiger charge is 2.47. The summed E-state index contributed by atoms with van der Waals surface area (Å²) in [5.41, 5.74) is 5.77. The Morgan fingerprint density at radius 1 is 0.889 bits per heavy atom. The van der Waals surface area contributed by atoms with Gasteiger partial charge in [0.15, 0.2) is 6.29 Å². The maximum absolute atomic E-state index is 13.1. The Balaban J connectivity index is 1.18. The van der Waals surface area contributed by atoms with Crippen LogP contribution < -0.4 is 10.6 Å². The Morgan fingerprint density at radius 2 is 1.59 bits per heavy atom. The lowest BCUT2D eigenvalue weighted by atomic mass is 9.91. The number of anilines is 1. The molecule has 0 saturated carbocycles. The van der Waals surface area contributed by atoms with Crippen LogP contribution >= 0.6 is 11.8 Å². The molecule has 4 aromatic carbocycles. The summed E-state index contributed by atoms with van der Waals surface area (Å²) in [5, 5.41) is 15.1. The molecule has 0 bridgehead atoms. The summed E-state index contributed by atoms with van der Waals surface area (Å²) in [6, 6.07) is 29.5. The monoisotopic (exact) mass is 761 g/mol. The summed E-state index contributed by atoms with van der Waals surface area (Å²) in [6.07, 6.45) is -5.75. The van der Waals surface area contributed by atoms with Gasteiger partial charge in [-0.15, -0.1) is 11.8 Å². The fraction of sp³-hybridized carbons (Fsp3) is 0.341. The normalized spacial score (nSPS) is 21.4. The smallest absolute Gasteiger partial charge is 0.392 e. The zero-order valence-corrected chi connectivity index (χ0v) is 30.7. The molecule has 13 heteroatoms. The number of likely N-dealkylation sites (tertiary alicyclic amines) is 1. The molecule has 2 aliphatic heterocycles. The van der Waals surface area contributed by atoms with Crippen LogP contribution in [0.3, 0.4) is 0 Å². The van der Waals surface area contributed by atoms with E-state index in [4.69, 9.17) is 9.47 Å². The number of carbonyl (C=O) groups excluding carboxylic acids is 3. The molecule has 0 spiro atoms. The first-order valence-electron chi connectivity index (χ1n) is 17.8. The van der Waals surface area contributed by atoms with Gasteiger partial charge in [0.25, 0.3) is 0 Å². The average molecular weight is 762 g/mol. The molecule has 9 nitrogen and oxygen atoms in total. The maximum Gasteiger partial charge on any atom is 0.471 e. The number of carbonyl (C=O) groups is 3. The molecule has 6 rings (SSSR count). The van der Waals surface area contributed by atoms with Crippen LogP contribution in [0.5, 0.6) is 0 Å². The molecule has 5 atom stereocenters. The van der Waals surface area contributed by atoms with Crippen LogP contribution in [-0.2, 0) is 37.0 Å². The molecule has 54 heavy (non-hydrogen) atoms. The Kier molecular flexibility index (Phi) is 12.4. The van der Waals surface area contributed by atoms with Crippen LogP contribution in [0.2, 0.25) is 0 Å². The summed E-state index contributed by atoms with van der Waals surface area (Å²) in [7, 11) is 0. The minimum Gasteiger partial charge on any atom is -0.392 e. The highest BCUT2D eigenvalue weighted by Crippen LogP contribution is 2.43. The fourth-order valence-electron chi connectivity index (χ4n) is 6.80. The first kappa shape index (κ1) is 39.0. The molecule has 2 fully saturated rings. The molecule has 2 heterocycles. The van der Waals surface area contributed by atoms with Crippen LogP contribution in [0.1, 0.15) is 61.3 Å². The summed E-state index contributed by atoms with van der Waals surface area (Å²) in [4.78, 5) is 37.8. The van der Waals surface area contributed by atoms with Crippen molar-refractivity contribution in [3.05, 3.63) is 119 Å². The number of nitrogens with one attached hydrogen (secondary N) is 2. The summed E-state index contributed by atoms with van der Waals surface area (Å²) >= 11 is 1.65. The van der Waals surface area contributed by atoms with Crippen LogP contribution in [-0.4, -0.2) is 58.3 Å². The van der Waals surface area contributed by atoms with Crippen LogP contribution in [0, 0.1) is 5.92 Å². The molecule has 0 aliphatic carbocycles. The molecule has 5 unspecified atom stereocenters. The quantitative estimate of drug-likeness (QED) is 0.135. The van der Waals surface area contributed by atoms with E-state index < -0.39 is 30.3 Å².